The first-order chi connectivity index (χ1) is 7.69. The number of sulfone groups is 1. The summed E-state index contributed by atoms with van der Waals surface area (Å²) in [5.74, 6) is -4.76. The zero-order valence-corrected chi connectivity index (χ0v) is 10.3. The van der Waals surface area contributed by atoms with Gasteiger partial charge in [0.15, 0.2) is 15.9 Å². The summed E-state index contributed by atoms with van der Waals surface area (Å²) in [7, 11) is -3.90. The van der Waals surface area contributed by atoms with Crippen LogP contribution in [0.1, 0.15) is 0 Å². The minimum atomic E-state index is -3.90. The highest BCUT2D eigenvalue weighted by Gasteiger charge is 2.24. The maximum absolute atomic E-state index is 11.3. The van der Waals surface area contributed by atoms with Gasteiger partial charge in [-0.25, -0.2) is 13.2 Å². The third-order valence-corrected chi connectivity index (χ3v) is 3.52. The van der Waals surface area contributed by atoms with E-state index in [1.807, 2.05) is 0 Å². The number of aliphatic hydroxyl groups is 1. The molecule has 10 heteroatoms. The molecule has 0 spiro atoms. The van der Waals surface area contributed by atoms with Crippen LogP contribution in [0.5, 0.6) is 0 Å². The molecule has 0 fully saturated rings. The zero-order valence-electron chi connectivity index (χ0n) is 8.61. The van der Waals surface area contributed by atoms with Crippen LogP contribution >= 0.6 is 12.6 Å². The van der Waals surface area contributed by atoms with Crippen molar-refractivity contribution in [3.8, 4) is 0 Å². The van der Waals surface area contributed by atoms with Crippen molar-refractivity contribution in [3.63, 3.8) is 0 Å². The Hall–Kier alpha value is -0.840. The molecule has 17 heavy (non-hydrogen) atoms. The van der Waals surface area contributed by atoms with Crippen LogP contribution in [0.4, 0.5) is 0 Å². The second kappa shape index (κ2) is 6.79. The lowest BCUT2D eigenvalue weighted by molar-refractivity contribution is -0.145. The fourth-order valence-corrected chi connectivity index (χ4v) is 2.31. The first-order valence-corrected chi connectivity index (χ1v) is 6.83. The summed E-state index contributed by atoms with van der Waals surface area (Å²) >= 11 is 3.71. The van der Waals surface area contributed by atoms with Crippen LogP contribution in [0.15, 0.2) is 0 Å². The molecule has 0 amide bonds. The minimum Gasteiger partial charge on any atom is -0.480 e. The van der Waals surface area contributed by atoms with E-state index < -0.39 is 45.6 Å². The van der Waals surface area contributed by atoms with Gasteiger partial charge in [-0.1, -0.05) is 0 Å². The molecule has 0 aliphatic rings. The molecule has 0 saturated heterocycles. The van der Waals surface area contributed by atoms with Gasteiger partial charge in [0.1, 0.15) is 6.04 Å². The Morgan fingerprint density at radius 2 is 1.76 bits per heavy atom. The number of rotatable bonds is 8. The fourth-order valence-electron chi connectivity index (χ4n) is 0.828. The van der Waals surface area contributed by atoms with Crippen LogP contribution in [0.25, 0.3) is 0 Å². The molecule has 8 nitrogen and oxygen atoms in total. The summed E-state index contributed by atoms with van der Waals surface area (Å²) in [5.41, 5.74) is 0. The fraction of sp³-hybridized carbons (Fsp3) is 0.714. The van der Waals surface area contributed by atoms with Gasteiger partial charge < -0.3 is 15.3 Å². The van der Waals surface area contributed by atoms with E-state index in [4.69, 9.17) is 15.3 Å². The topological polar surface area (TPSA) is 141 Å². The van der Waals surface area contributed by atoms with Gasteiger partial charge >= 0.3 is 11.9 Å². The van der Waals surface area contributed by atoms with Gasteiger partial charge in [0.25, 0.3) is 0 Å². The molecule has 0 rings (SSSR count). The maximum atomic E-state index is 11.3. The maximum Gasteiger partial charge on any atom is 0.333 e. The van der Waals surface area contributed by atoms with Gasteiger partial charge in [-0.3, -0.25) is 10.1 Å². The van der Waals surface area contributed by atoms with Gasteiger partial charge in [-0.2, -0.15) is 12.6 Å². The quantitative estimate of drug-likeness (QED) is 0.316. The van der Waals surface area contributed by atoms with E-state index in [0.29, 0.717) is 0 Å². The van der Waals surface area contributed by atoms with Crippen LogP contribution < -0.4 is 5.32 Å². The molecule has 0 bridgehead atoms. The predicted molar refractivity (Wildman–Crippen MR) is 60.7 cm³/mol. The highest BCUT2D eigenvalue weighted by Crippen LogP contribution is 1.96. The number of aliphatic hydroxyl groups excluding tert-OH is 1. The molecule has 0 aromatic carbocycles. The van der Waals surface area contributed by atoms with Crippen LogP contribution in [-0.4, -0.2) is 65.2 Å². The molecule has 100 valence electrons. The smallest absolute Gasteiger partial charge is 0.333 e. The van der Waals surface area contributed by atoms with Gasteiger partial charge in [-0.05, 0) is 0 Å². The third-order valence-electron chi connectivity index (χ3n) is 1.73. The van der Waals surface area contributed by atoms with Crippen molar-refractivity contribution in [2.24, 2.45) is 0 Å². The SMILES string of the molecule is O=C(O)C(O)CS(=O)(=O)CN[C@@H](CS)C(=O)O. The molecule has 2 atom stereocenters. The molecule has 0 saturated carbocycles. The van der Waals surface area contributed by atoms with Crippen molar-refractivity contribution in [2.75, 3.05) is 17.4 Å². The number of carbonyl (C=O) groups is 2. The minimum absolute atomic E-state index is 0.119. The van der Waals surface area contributed by atoms with Gasteiger partial charge in [0, 0.05) is 5.75 Å². The zero-order chi connectivity index (χ0) is 13.6. The summed E-state index contributed by atoms with van der Waals surface area (Å²) in [5, 5.41) is 27.9. The summed E-state index contributed by atoms with van der Waals surface area (Å²) in [6, 6.07) is -1.16. The van der Waals surface area contributed by atoms with Gasteiger partial charge in [0.2, 0.25) is 0 Å². The molecule has 1 unspecified atom stereocenters. The molecule has 4 N–H and O–H groups in total. The first kappa shape index (κ1) is 16.2. The number of nitrogens with one attached hydrogen (secondary N) is 1. The predicted octanol–water partition coefficient (Wildman–Crippen LogP) is -2.22. The van der Waals surface area contributed by atoms with Crippen LogP contribution in [0.3, 0.4) is 0 Å². The van der Waals surface area contributed by atoms with Crippen molar-refractivity contribution in [1.29, 1.82) is 0 Å². The Morgan fingerprint density at radius 3 is 2.12 bits per heavy atom. The second-order valence-electron chi connectivity index (χ2n) is 3.19. The van der Waals surface area contributed by atoms with Gasteiger partial charge in [-0.15, -0.1) is 0 Å². The average molecular weight is 287 g/mol. The van der Waals surface area contributed by atoms with Gasteiger partial charge in [0.05, 0.1) is 11.6 Å². The normalized spacial score (nSPS) is 15.2. The van der Waals surface area contributed by atoms with E-state index >= 15 is 0 Å². The Morgan fingerprint density at radius 1 is 1.24 bits per heavy atom. The molecule has 0 radical (unpaired) electrons. The van der Waals surface area contributed by atoms with Crippen molar-refractivity contribution in [2.45, 2.75) is 12.1 Å². The number of carboxylic acid groups (broad SMARTS) is 2. The second-order valence-corrected chi connectivity index (χ2v) is 5.66. The number of carboxylic acids is 2. The Bertz CT molecular complexity index is 380. The molecule has 0 aliphatic heterocycles. The van der Waals surface area contributed by atoms with E-state index in [1.54, 1.807) is 0 Å². The Labute approximate surface area is 103 Å². The largest absolute Gasteiger partial charge is 0.480 e. The van der Waals surface area contributed by atoms with Crippen molar-refractivity contribution in [1.82, 2.24) is 5.32 Å². The number of thiol groups is 1. The molecule has 0 aromatic heterocycles. The molecular formula is C7H13NO7S2. The van der Waals surface area contributed by atoms with E-state index in [0.717, 1.165) is 0 Å². The summed E-state index contributed by atoms with van der Waals surface area (Å²) in [6.45, 7) is 0. The lowest BCUT2D eigenvalue weighted by atomic mass is 10.3. The number of hydrogen-bond acceptors (Lipinski definition) is 7. The van der Waals surface area contributed by atoms with Crippen LogP contribution in [-0.2, 0) is 19.4 Å². The Balaban J connectivity index is 4.37. The molecule has 0 aliphatic carbocycles. The van der Waals surface area contributed by atoms with E-state index in [1.165, 1.54) is 0 Å². The summed E-state index contributed by atoms with van der Waals surface area (Å²) < 4.78 is 22.6. The molecule has 0 heterocycles. The standard InChI is InChI=1S/C7H13NO7S2/c9-5(7(12)13)2-17(14,15)3-8-4(1-16)6(10)11/h4-5,8-9,16H,1-3H2,(H,10,11)(H,12,13)/t4-,5?/m0/s1. The Kier molecular flexibility index (Phi) is 6.45. The highest BCUT2D eigenvalue weighted by atomic mass is 32.2. The number of hydrogen-bond donors (Lipinski definition) is 5. The summed E-state index contributed by atoms with van der Waals surface area (Å²) in [4.78, 5) is 20.8. The van der Waals surface area contributed by atoms with Crippen LogP contribution in [0.2, 0.25) is 0 Å². The van der Waals surface area contributed by atoms with Crippen molar-refractivity contribution >= 4 is 34.4 Å². The first-order valence-electron chi connectivity index (χ1n) is 4.38. The van der Waals surface area contributed by atoms with Crippen molar-refractivity contribution < 1.29 is 33.3 Å². The third kappa shape index (κ3) is 6.46. The van der Waals surface area contributed by atoms with E-state index in [2.05, 4.69) is 17.9 Å². The van der Waals surface area contributed by atoms with E-state index in [-0.39, 0.29) is 5.75 Å². The van der Waals surface area contributed by atoms with E-state index in [9.17, 15) is 18.0 Å². The highest BCUT2D eigenvalue weighted by molar-refractivity contribution is 7.91. The van der Waals surface area contributed by atoms with Crippen LogP contribution in [0, 0.1) is 0 Å². The average Bonchev–Trinajstić information content (AvgIpc) is 2.16. The van der Waals surface area contributed by atoms with Crippen molar-refractivity contribution in [3.05, 3.63) is 0 Å². The lowest BCUT2D eigenvalue weighted by Gasteiger charge is -2.12. The molecular weight excluding hydrogens is 274 g/mol. The monoisotopic (exact) mass is 287 g/mol. The molecule has 0 aromatic rings. The lowest BCUT2D eigenvalue weighted by Crippen LogP contribution is -2.43. The number of aliphatic carboxylic acids is 2. The summed E-state index contributed by atoms with van der Waals surface area (Å²) in [6.07, 6.45) is -2.03.